The summed E-state index contributed by atoms with van der Waals surface area (Å²) in [6, 6.07) is 14.7. The maximum Gasteiger partial charge on any atom is 0.251 e. The van der Waals surface area contributed by atoms with Crippen LogP contribution in [-0.2, 0) is 23.1 Å². The molecule has 190 valence electrons. The molecule has 0 radical (unpaired) electrons. The molecule has 1 aliphatic carbocycles. The smallest absolute Gasteiger partial charge is 0.251 e. The van der Waals surface area contributed by atoms with Crippen molar-refractivity contribution in [3.8, 4) is 0 Å². The van der Waals surface area contributed by atoms with Crippen molar-refractivity contribution < 1.29 is 13.2 Å². The van der Waals surface area contributed by atoms with E-state index in [1.54, 1.807) is 25.2 Å². The van der Waals surface area contributed by atoms with E-state index in [2.05, 4.69) is 34.3 Å². The number of benzene rings is 2. The normalized spacial score (nSPS) is 18.6. The van der Waals surface area contributed by atoms with Gasteiger partial charge in [-0.05, 0) is 49.2 Å². The summed E-state index contributed by atoms with van der Waals surface area (Å²) < 4.78 is 27.9. The molecule has 0 atom stereocenters. The molecule has 1 saturated carbocycles. The van der Waals surface area contributed by atoms with E-state index in [9.17, 15) is 13.2 Å². The fourth-order valence-electron chi connectivity index (χ4n) is 4.99. The third-order valence-corrected chi connectivity index (χ3v) is 9.21. The van der Waals surface area contributed by atoms with Crippen LogP contribution in [0.5, 0.6) is 0 Å². The summed E-state index contributed by atoms with van der Waals surface area (Å²) in [5.74, 6) is -0.271. The highest BCUT2D eigenvalue weighted by atomic mass is 32.2. The maximum atomic E-state index is 13.2. The monoisotopic (exact) mass is 498 g/mol. The molecule has 2 aliphatic rings. The molecule has 1 heterocycles. The van der Waals surface area contributed by atoms with Crippen molar-refractivity contribution in [3.63, 3.8) is 0 Å². The number of rotatable bonds is 8. The molecule has 0 aromatic heterocycles. The van der Waals surface area contributed by atoms with E-state index in [4.69, 9.17) is 0 Å². The van der Waals surface area contributed by atoms with Crippen LogP contribution in [0.15, 0.2) is 53.4 Å². The number of hydrogen-bond donors (Lipinski definition) is 1. The first kappa shape index (κ1) is 25.8. The Kier molecular flexibility index (Phi) is 8.59. The van der Waals surface area contributed by atoms with Gasteiger partial charge in [0.05, 0.1) is 4.90 Å². The molecule has 2 aromatic rings. The zero-order valence-electron chi connectivity index (χ0n) is 20.9. The summed E-state index contributed by atoms with van der Waals surface area (Å²) in [6.45, 7) is 5.60. The Hall–Kier alpha value is -2.26. The second kappa shape index (κ2) is 11.6. The van der Waals surface area contributed by atoms with Crippen LogP contribution >= 0.6 is 0 Å². The number of amides is 1. The zero-order chi connectivity index (χ0) is 24.8. The fraction of sp³-hybridized carbons (Fsp3) is 0.519. The van der Waals surface area contributed by atoms with Crippen molar-refractivity contribution in [2.45, 2.75) is 56.1 Å². The van der Waals surface area contributed by atoms with Crippen molar-refractivity contribution in [1.82, 2.24) is 19.4 Å². The molecule has 1 saturated heterocycles. The molecule has 0 bridgehead atoms. The molecule has 8 heteroatoms. The van der Waals surface area contributed by atoms with Crippen LogP contribution in [0.3, 0.4) is 0 Å². The van der Waals surface area contributed by atoms with Gasteiger partial charge in [-0.3, -0.25) is 9.69 Å². The third kappa shape index (κ3) is 6.70. The van der Waals surface area contributed by atoms with E-state index < -0.39 is 10.0 Å². The van der Waals surface area contributed by atoms with Crippen LogP contribution in [0.25, 0.3) is 0 Å². The van der Waals surface area contributed by atoms with Crippen LogP contribution in [0.4, 0.5) is 0 Å². The number of likely N-dealkylation sites (N-methyl/N-ethyl adjacent to an activating group) is 1. The highest BCUT2D eigenvalue weighted by molar-refractivity contribution is 7.89. The Labute approximate surface area is 210 Å². The number of nitrogens with one attached hydrogen (secondary N) is 1. The summed E-state index contributed by atoms with van der Waals surface area (Å²) in [6.07, 6.45) is 5.07. The second-order valence-electron chi connectivity index (χ2n) is 9.92. The number of nitrogens with zero attached hydrogens (tertiary/aromatic N) is 3. The molecule has 35 heavy (non-hydrogen) atoms. The van der Waals surface area contributed by atoms with E-state index in [0.29, 0.717) is 12.1 Å². The first-order chi connectivity index (χ1) is 16.8. The van der Waals surface area contributed by atoms with Crippen LogP contribution in [0.1, 0.15) is 53.6 Å². The molecule has 7 nitrogen and oxygen atoms in total. The standard InChI is InChI=1S/C27H38N4O3S/c1-29-14-16-31(17-15-29)21-23-9-6-8-22(18-23)20-28-27(32)24-10-7-13-26(19-24)35(33,34)30(2)25-11-4-3-5-12-25/h6-10,13,18-19,25H,3-5,11-12,14-17,20-21H2,1-2H3,(H,28,32). The van der Waals surface area contributed by atoms with Gasteiger partial charge in [0.25, 0.3) is 5.91 Å². The summed E-state index contributed by atoms with van der Waals surface area (Å²) in [5, 5.41) is 2.96. The Balaban J connectivity index is 1.37. The summed E-state index contributed by atoms with van der Waals surface area (Å²) in [5.41, 5.74) is 2.63. The summed E-state index contributed by atoms with van der Waals surface area (Å²) >= 11 is 0. The molecule has 2 fully saturated rings. The summed E-state index contributed by atoms with van der Waals surface area (Å²) in [7, 11) is 0.174. The lowest BCUT2D eigenvalue weighted by Gasteiger charge is -2.32. The van der Waals surface area contributed by atoms with E-state index in [1.807, 2.05) is 12.1 Å². The first-order valence-electron chi connectivity index (χ1n) is 12.7. The lowest BCUT2D eigenvalue weighted by molar-refractivity contribution is 0.0950. The second-order valence-corrected chi connectivity index (χ2v) is 11.9. The van der Waals surface area contributed by atoms with Crippen molar-refractivity contribution in [2.75, 3.05) is 40.3 Å². The zero-order valence-corrected chi connectivity index (χ0v) is 21.8. The predicted molar refractivity (Wildman–Crippen MR) is 139 cm³/mol. The van der Waals surface area contributed by atoms with Crippen molar-refractivity contribution in [3.05, 3.63) is 65.2 Å². The molecule has 0 spiro atoms. The van der Waals surface area contributed by atoms with Crippen molar-refractivity contribution in [1.29, 1.82) is 0 Å². The topological polar surface area (TPSA) is 73.0 Å². The van der Waals surface area contributed by atoms with Crippen LogP contribution in [-0.4, -0.2) is 74.7 Å². The van der Waals surface area contributed by atoms with Gasteiger partial charge in [-0.25, -0.2) is 8.42 Å². The van der Waals surface area contributed by atoms with Crippen molar-refractivity contribution >= 4 is 15.9 Å². The molecule has 1 amide bonds. The van der Waals surface area contributed by atoms with Crippen molar-refractivity contribution in [2.24, 2.45) is 0 Å². The van der Waals surface area contributed by atoms with Gasteiger partial charge in [0.1, 0.15) is 0 Å². The van der Waals surface area contributed by atoms with Crippen LogP contribution < -0.4 is 5.32 Å². The van der Waals surface area contributed by atoms with Gasteiger partial charge in [0.2, 0.25) is 10.0 Å². The quantitative estimate of drug-likeness (QED) is 0.605. The van der Waals surface area contributed by atoms with Gasteiger partial charge in [0, 0.05) is 57.9 Å². The number of hydrogen-bond acceptors (Lipinski definition) is 5. The molecular formula is C27H38N4O3S. The highest BCUT2D eigenvalue weighted by Gasteiger charge is 2.29. The van der Waals surface area contributed by atoms with Crippen LogP contribution in [0, 0.1) is 0 Å². The minimum atomic E-state index is -3.64. The average Bonchev–Trinajstić information content (AvgIpc) is 2.89. The molecule has 2 aromatic carbocycles. The lowest BCUT2D eigenvalue weighted by Crippen LogP contribution is -2.43. The molecular weight excluding hydrogens is 460 g/mol. The first-order valence-corrected chi connectivity index (χ1v) is 14.1. The molecule has 1 N–H and O–H groups in total. The fourth-order valence-corrected chi connectivity index (χ4v) is 6.45. The van der Waals surface area contributed by atoms with Gasteiger partial charge in [0.15, 0.2) is 0 Å². The number of sulfonamides is 1. The molecule has 1 aliphatic heterocycles. The number of carbonyl (C=O) groups is 1. The molecule has 0 unspecified atom stereocenters. The van der Waals surface area contributed by atoms with Gasteiger partial charge < -0.3 is 10.2 Å². The van der Waals surface area contributed by atoms with Gasteiger partial charge in [-0.1, -0.05) is 49.6 Å². The largest absolute Gasteiger partial charge is 0.348 e. The van der Waals surface area contributed by atoms with E-state index in [1.165, 1.54) is 22.4 Å². The number of carbonyl (C=O) groups excluding carboxylic acids is 1. The van der Waals surface area contributed by atoms with E-state index >= 15 is 0 Å². The van der Waals surface area contributed by atoms with Gasteiger partial charge in [-0.2, -0.15) is 4.31 Å². The van der Waals surface area contributed by atoms with Gasteiger partial charge in [-0.15, -0.1) is 0 Å². The predicted octanol–water partition coefficient (Wildman–Crippen LogP) is 3.32. The Morgan fingerprint density at radius 3 is 2.40 bits per heavy atom. The lowest BCUT2D eigenvalue weighted by atomic mass is 9.96. The van der Waals surface area contributed by atoms with Crippen LogP contribution in [0.2, 0.25) is 0 Å². The Morgan fingerprint density at radius 2 is 1.66 bits per heavy atom. The minimum absolute atomic E-state index is 0.0318. The third-order valence-electron chi connectivity index (χ3n) is 7.31. The highest BCUT2D eigenvalue weighted by Crippen LogP contribution is 2.26. The Bertz CT molecular complexity index is 1110. The minimum Gasteiger partial charge on any atom is -0.348 e. The summed E-state index contributed by atoms with van der Waals surface area (Å²) in [4.78, 5) is 17.8. The number of piperazine rings is 1. The van der Waals surface area contributed by atoms with E-state index in [0.717, 1.165) is 64.0 Å². The molecule has 4 rings (SSSR count). The maximum absolute atomic E-state index is 13.2. The SMILES string of the molecule is CN1CCN(Cc2cccc(CNC(=O)c3cccc(S(=O)(=O)N(C)C4CCCCC4)c3)c2)CC1. The van der Waals surface area contributed by atoms with Gasteiger partial charge >= 0.3 is 0 Å². The average molecular weight is 499 g/mol. The van der Waals surface area contributed by atoms with E-state index in [-0.39, 0.29) is 16.8 Å². The Morgan fingerprint density at radius 1 is 0.971 bits per heavy atom.